The summed E-state index contributed by atoms with van der Waals surface area (Å²) < 4.78 is 45.3. The van der Waals surface area contributed by atoms with Gasteiger partial charge in [-0.05, 0) is 32.0 Å². The number of carbonyl (C=O) groups is 3. The third-order valence-corrected chi connectivity index (χ3v) is 8.34. The fourth-order valence-corrected chi connectivity index (χ4v) is 5.81. The van der Waals surface area contributed by atoms with E-state index in [-0.39, 0.29) is 10.8 Å². The van der Waals surface area contributed by atoms with Gasteiger partial charge in [0.2, 0.25) is 6.20 Å². The molecule has 2 aliphatic heterocycles. The molecular weight excluding hydrogens is 636 g/mol. The molecule has 3 aromatic rings. The molecule has 45 heavy (non-hydrogen) atoms. The fourth-order valence-electron chi connectivity index (χ4n) is 4.81. The van der Waals surface area contributed by atoms with Crippen molar-refractivity contribution >= 4 is 61.3 Å². The highest BCUT2D eigenvalue weighted by Crippen LogP contribution is 2.33. The van der Waals surface area contributed by atoms with E-state index in [1.807, 2.05) is 24.0 Å². The number of fused-ring (bicyclic) bond motifs is 1. The molecule has 0 aliphatic carbocycles. The Balaban J connectivity index is 1.29. The van der Waals surface area contributed by atoms with Crippen molar-refractivity contribution in [1.29, 1.82) is 0 Å². The van der Waals surface area contributed by atoms with Crippen molar-refractivity contribution in [1.82, 2.24) is 25.4 Å². The SMILES string of the molecule is C[n+]1cc2cc(OC[C@@H](O/N=C(\C(=O)NC3C(=O)N(OS(=O)(=O)O)C3(C)C)c3csc(N)n3)C(=O)O)ccc2n1CC1CNC1. The maximum absolute atomic E-state index is 13.2. The molecule has 242 valence electrons. The largest absolute Gasteiger partial charge is 0.489 e. The topological polar surface area (TPSA) is 241 Å². The minimum atomic E-state index is -5.01. The number of aryl methyl sites for hydroxylation is 1. The first-order valence-electron chi connectivity index (χ1n) is 13.5. The number of rotatable bonds is 13. The molecule has 1 unspecified atom stereocenters. The van der Waals surface area contributed by atoms with Crippen molar-refractivity contribution in [2.75, 3.05) is 25.4 Å². The van der Waals surface area contributed by atoms with E-state index in [0.29, 0.717) is 16.7 Å². The lowest BCUT2D eigenvalue weighted by molar-refractivity contribution is -0.751. The lowest BCUT2D eigenvalue weighted by Crippen LogP contribution is -2.76. The predicted molar refractivity (Wildman–Crippen MR) is 156 cm³/mol. The number of nitrogens with zero attached hydrogens (tertiary/aromatic N) is 5. The molecule has 2 fully saturated rings. The molecule has 0 bridgehead atoms. The predicted octanol–water partition coefficient (Wildman–Crippen LogP) is -1.18. The van der Waals surface area contributed by atoms with Gasteiger partial charge in [0.25, 0.3) is 17.9 Å². The van der Waals surface area contributed by atoms with Gasteiger partial charge in [0, 0.05) is 24.4 Å². The normalized spacial score (nSPS) is 19.1. The summed E-state index contributed by atoms with van der Waals surface area (Å²) in [5.41, 5.74) is 4.69. The molecule has 0 saturated carbocycles. The second kappa shape index (κ2) is 12.2. The number of hydrogen-bond acceptors (Lipinski definition) is 13. The molecule has 6 N–H and O–H groups in total. The molecule has 1 aromatic carbocycles. The number of carbonyl (C=O) groups excluding carboxylic acids is 2. The summed E-state index contributed by atoms with van der Waals surface area (Å²) >= 11 is 0.968. The summed E-state index contributed by atoms with van der Waals surface area (Å²) in [6.07, 6.45) is 0.280. The van der Waals surface area contributed by atoms with E-state index in [1.54, 1.807) is 12.1 Å². The summed E-state index contributed by atoms with van der Waals surface area (Å²) in [5, 5.41) is 21.9. The Bertz CT molecular complexity index is 1780. The van der Waals surface area contributed by atoms with Crippen molar-refractivity contribution in [3.63, 3.8) is 0 Å². The van der Waals surface area contributed by atoms with E-state index in [9.17, 15) is 27.9 Å². The lowest BCUT2D eigenvalue weighted by Gasteiger charge is -2.50. The Morgan fingerprint density at radius 1 is 1.36 bits per heavy atom. The number of carboxylic acid groups (broad SMARTS) is 1. The summed E-state index contributed by atoms with van der Waals surface area (Å²) in [6.45, 7) is 5.03. The lowest BCUT2D eigenvalue weighted by atomic mass is 9.84. The van der Waals surface area contributed by atoms with Gasteiger partial charge in [0.15, 0.2) is 17.9 Å². The number of aromatic nitrogens is 3. The van der Waals surface area contributed by atoms with Crippen molar-refractivity contribution in [3.05, 3.63) is 35.5 Å². The number of aliphatic carboxylic acids is 1. The molecule has 18 nitrogen and oxygen atoms in total. The van der Waals surface area contributed by atoms with Gasteiger partial charge >= 0.3 is 16.4 Å². The van der Waals surface area contributed by atoms with E-state index < -0.39 is 58.2 Å². The molecule has 2 aromatic heterocycles. The van der Waals surface area contributed by atoms with Crippen molar-refractivity contribution in [2.24, 2.45) is 18.1 Å². The van der Waals surface area contributed by atoms with E-state index in [1.165, 1.54) is 19.2 Å². The number of nitrogen functional groups attached to an aromatic ring is 1. The van der Waals surface area contributed by atoms with Gasteiger partial charge in [-0.25, -0.2) is 9.78 Å². The number of carboxylic acids is 1. The molecule has 20 heteroatoms. The third kappa shape index (κ3) is 6.83. The number of benzene rings is 1. The number of β-lactam (4-membered cyclic amide) rings is 1. The highest BCUT2D eigenvalue weighted by molar-refractivity contribution is 7.80. The number of nitrogens with one attached hydrogen (secondary N) is 2. The standard InChI is InChI=1S/C25H30N8O10S2/c1-25(2)20(22(35)33(25)43-45(38,39)40)29-21(34)19(16-12-44-24(26)28-16)30-42-18(23(36)37)11-41-15-4-5-17-14(6-15)10-31(3)32(17)9-13-7-27-8-13/h4-6,10,12-13,18,20,27H,7-9,11H2,1-3H3,(H4-,26,28,29,34,36,37,38,39,40)/p+1/b30-19-/t18-,20?/m1/s1. The average molecular weight is 668 g/mol. The second-order valence-electron chi connectivity index (χ2n) is 11.0. The summed E-state index contributed by atoms with van der Waals surface area (Å²) in [6, 6.07) is 4.05. The number of nitrogens with two attached hydrogens (primary N) is 1. The maximum atomic E-state index is 13.2. The van der Waals surface area contributed by atoms with Crippen LogP contribution in [0.25, 0.3) is 10.9 Å². The van der Waals surface area contributed by atoms with E-state index >= 15 is 0 Å². The van der Waals surface area contributed by atoms with Crippen LogP contribution >= 0.6 is 11.3 Å². The molecule has 2 atom stereocenters. The molecule has 2 saturated heterocycles. The van der Waals surface area contributed by atoms with Crippen LogP contribution < -0.4 is 25.8 Å². The Morgan fingerprint density at radius 2 is 2.09 bits per heavy atom. The Labute approximate surface area is 260 Å². The van der Waals surface area contributed by atoms with Crippen molar-refractivity contribution in [3.8, 4) is 5.75 Å². The molecule has 4 heterocycles. The average Bonchev–Trinajstić information content (AvgIpc) is 3.50. The number of hydrogen-bond donors (Lipinski definition) is 5. The summed E-state index contributed by atoms with van der Waals surface area (Å²) in [7, 11) is -3.07. The van der Waals surface area contributed by atoms with Crippen LogP contribution in [-0.4, -0.2) is 93.7 Å². The van der Waals surface area contributed by atoms with Crippen LogP contribution in [0.15, 0.2) is 34.9 Å². The third-order valence-electron chi connectivity index (χ3n) is 7.33. The van der Waals surface area contributed by atoms with Gasteiger partial charge in [0.1, 0.15) is 29.6 Å². The van der Waals surface area contributed by atoms with Crippen molar-refractivity contribution < 1.29 is 51.0 Å². The Kier molecular flexibility index (Phi) is 8.68. The first-order chi connectivity index (χ1) is 21.1. The van der Waals surface area contributed by atoms with Gasteiger partial charge in [-0.2, -0.15) is 18.2 Å². The zero-order chi connectivity index (χ0) is 32.7. The minimum absolute atomic E-state index is 0.0679. The van der Waals surface area contributed by atoms with E-state index in [0.717, 1.165) is 41.9 Å². The van der Waals surface area contributed by atoms with E-state index in [2.05, 4.69) is 29.7 Å². The number of amides is 2. The van der Waals surface area contributed by atoms with Gasteiger partial charge in [0.05, 0.1) is 17.5 Å². The number of anilines is 1. The van der Waals surface area contributed by atoms with Crippen LogP contribution in [0.2, 0.25) is 0 Å². The fraction of sp³-hybridized carbons (Fsp3) is 0.440. The highest BCUT2D eigenvalue weighted by Gasteiger charge is 2.58. The quantitative estimate of drug-likeness (QED) is 0.0475. The summed E-state index contributed by atoms with van der Waals surface area (Å²) in [4.78, 5) is 46.9. The smallest absolute Gasteiger partial charge is 0.418 e. The first kappa shape index (κ1) is 32.0. The van der Waals surface area contributed by atoms with Crippen LogP contribution in [0.1, 0.15) is 19.5 Å². The van der Waals surface area contributed by atoms with Crippen molar-refractivity contribution in [2.45, 2.75) is 38.1 Å². The summed E-state index contributed by atoms with van der Waals surface area (Å²) in [5.74, 6) is -2.50. The first-order valence-corrected chi connectivity index (χ1v) is 15.7. The monoisotopic (exact) mass is 667 g/mol. The molecule has 2 aliphatic rings. The molecule has 0 spiro atoms. The van der Waals surface area contributed by atoms with Crippen LogP contribution in [0.5, 0.6) is 5.75 Å². The van der Waals surface area contributed by atoms with Gasteiger partial charge in [-0.1, -0.05) is 5.16 Å². The Hall–Kier alpha value is -4.37. The van der Waals surface area contributed by atoms with Crippen LogP contribution in [0.4, 0.5) is 5.13 Å². The number of thiazole rings is 1. The number of hydroxylamine groups is 2. The zero-order valence-electron chi connectivity index (χ0n) is 24.2. The van der Waals surface area contributed by atoms with Crippen LogP contribution in [0.3, 0.4) is 0 Å². The van der Waals surface area contributed by atoms with Gasteiger partial charge in [-0.3, -0.25) is 14.1 Å². The molecule has 0 radical (unpaired) electrons. The Morgan fingerprint density at radius 3 is 2.67 bits per heavy atom. The minimum Gasteiger partial charge on any atom is -0.489 e. The zero-order valence-corrected chi connectivity index (χ0v) is 25.9. The number of ether oxygens (including phenoxy) is 1. The van der Waals surface area contributed by atoms with Gasteiger partial charge < -0.3 is 31.0 Å². The second-order valence-corrected chi connectivity index (χ2v) is 12.9. The maximum Gasteiger partial charge on any atom is 0.418 e. The molecule has 2 amide bonds. The van der Waals surface area contributed by atoms with E-state index in [4.69, 9.17) is 19.9 Å². The molecule has 5 rings (SSSR count). The molecular formula is C25H31N8O10S2+. The van der Waals surface area contributed by atoms with Crippen LogP contribution in [0, 0.1) is 5.92 Å². The highest BCUT2D eigenvalue weighted by atomic mass is 32.3. The van der Waals surface area contributed by atoms with Crippen LogP contribution in [-0.2, 0) is 47.5 Å². The van der Waals surface area contributed by atoms with Gasteiger partial charge in [-0.15, -0.1) is 20.3 Å². The number of oxime groups is 1.